The molecule has 5 nitrogen and oxygen atoms in total. The van der Waals surface area contributed by atoms with Crippen LogP contribution in [0.25, 0.3) is 10.4 Å². The van der Waals surface area contributed by atoms with Crippen molar-refractivity contribution in [2.24, 2.45) is 5.11 Å². The summed E-state index contributed by atoms with van der Waals surface area (Å²) in [5.74, 6) is 0.840. The van der Waals surface area contributed by atoms with Gasteiger partial charge in [-0.05, 0) is 36.1 Å². The van der Waals surface area contributed by atoms with Gasteiger partial charge in [-0.1, -0.05) is 23.3 Å². The Morgan fingerprint density at radius 2 is 2.16 bits per heavy atom. The zero-order chi connectivity index (χ0) is 13.9. The summed E-state index contributed by atoms with van der Waals surface area (Å²) in [4.78, 5) is 2.77. The van der Waals surface area contributed by atoms with E-state index in [9.17, 15) is 0 Å². The van der Waals surface area contributed by atoms with E-state index in [1.54, 1.807) is 13.2 Å². The molecule has 0 radical (unpaired) electrons. The lowest BCUT2D eigenvalue weighted by molar-refractivity contribution is 0.116. The molecular weight excluding hydrogens is 242 g/mol. The molecule has 0 fully saturated rings. The zero-order valence-corrected chi connectivity index (χ0v) is 11.2. The Morgan fingerprint density at radius 1 is 1.42 bits per heavy atom. The van der Waals surface area contributed by atoms with Gasteiger partial charge in [-0.15, -0.1) is 6.58 Å². The van der Waals surface area contributed by atoms with Gasteiger partial charge < -0.3 is 9.47 Å². The highest BCUT2D eigenvalue weighted by molar-refractivity contribution is 5.26. The Hall–Kier alpha value is -1.97. The van der Waals surface area contributed by atoms with E-state index in [2.05, 4.69) is 16.6 Å². The molecule has 0 amide bonds. The molecule has 0 saturated heterocycles. The Balaban J connectivity index is 2.19. The second-order valence-corrected chi connectivity index (χ2v) is 4.05. The SMILES string of the molecule is C=C[C@H](CCCOCc1ccc(OC)cc1)N=[N+]=[N-]. The van der Waals surface area contributed by atoms with Gasteiger partial charge in [0.2, 0.25) is 0 Å². The number of nitrogens with zero attached hydrogens (tertiary/aromatic N) is 3. The summed E-state index contributed by atoms with van der Waals surface area (Å²) in [6, 6.07) is 7.63. The van der Waals surface area contributed by atoms with Crippen LogP contribution in [0.1, 0.15) is 18.4 Å². The number of hydrogen-bond donors (Lipinski definition) is 0. The minimum atomic E-state index is -0.144. The summed E-state index contributed by atoms with van der Waals surface area (Å²) < 4.78 is 10.6. The molecule has 0 aliphatic carbocycles. The van der Waals surface area contributed by atoms with Crippen LogP contribution in [0.2, 0.25) is 0 Å². The first kappa shape index (κ1) is 15.1. The van der Waals surface area contributed by atoms with Crippen LogP contribution in [0.15, 0.2) is 42.0 Å². The summed E-state index contributed by atoms with van der Waals surface area (Å²) in [6.07, 6.45) is 3.26. The fourth-order valence-electron chi connectivity index (χ4n) is 1.60. The molecular formula is C14H19N3O2. The van der Waals surface area contributed by atoms with Gasteiger partial charge in [0.25, 0.3) is 0 Å². The summed E-state index contributed by atoms with van der Waals surface area (Å²) in [7, 11) is 1.64. The van der Waals surface area contributed by atoms with E-state index in [1.807, 2.05) is 24.3 Å². The molecule has 0 aromatic heterocycles. The van der Waals surface area contributed by atoms with Crippen LogP contribution >= 0.6 is 0 Å². The standard InChI is InChI=1S/C14H19N3O2/c1-3-13(16-17-15)5-4-10-19-11-12-6-8-14(18-2)9-7-12/h3,6-9,13H,1,4-5,10-11H2,2H3/t13-/m1/s1. The number of hydrogen-bond acceptors (Lipinski definition) is 3. The number of benzene rings is 1. The van der Waals surface area contributed by atoms with Gasteiger partial charge in [0.15, 0.2) is 0 Å². The second kappa shape index (κ2) is 9.03. The van der Waals surface area contributed by atoms with Crippen molar-refractivity contribution in [2.75, 3.05) is 13.7 Å². The molecule has 0 aliphatic heterocycles. The molecule has 0 bridgehead atoms. The summed E-state index contributed by atoms with van der Waals surface area (Å²) in [5.41, 5.74) is 9.44. The molecule has 0 spiro atoms. The Labute approximate surface area is 113 Å². The minimum Gasteiger partial charge on any atom is -0.497 e. The van der Waals surface area contributed by atoms with E-state index < -0.39 is 0 Å². The fourth-order valence-corrected chi connectivity index (χ4v) is 1.60. The maximum Gasteiger partial charge on any atom is 0.118 e. The van der Waals surface area contributed by atoms with Crippen LogP contribution < -0.4 is 4.74 Å². The van der Waals surface area contributed by atoms with E-state index >= 15 is 0 Å². The van der Waals surface area contributed by atoms with Crippen molar-refractivity contribution in [3.8, 4) is 5.75 Å². The molecule has 0 saturated carbocycles. The number of rotatable bonds is 9. The van der Waals surface area contributed by atoms with Crippen LogP contribution in [0, 0.1) is 0 Å². The number of ether oxygens (including phenoxy) is 2. The normalized spacial score (nSPS) is 11.4. The van der Waals surface area contributed by atoms with Crippen LogP contribution in [-0.4, -0.2) is 19.8 Å². The highest BCUT2D eigenvalue weighted by atomic mass is 16.5. The third kappa shape index (κ3) is 5.95. The Bertz CT molecular complexity index is 425. The van der Waals surface area contributed by atoms with Crippen molar-refractivity contribution in [1.82, 2.24) is 0 Å². The molecule has 1 aromatic carbocycles. The quantitative estimate of drug-likeness (QED) is 0.223. The smallest absolute Gasteiger partial charge is 0.118 e. The van der Waals surface area contributed by atoms with E-state index in [4.69, 9.17) is 15.0 Å². The number of azide groups is 1. The molecule has 1 aromatic rings. The van der Waals surface area contributed by atoms with Gasteiger partial charge >= 0.3 is 0 Å². The largest absolute Gasteiger partial charge is 0.497 e. The molecule has 1 rings (SSSR count). The third-order valence-corrected chi connectivity index (χ3v) is 2.69. The van der Waals surface area contributed by atoms with Crippen molar-refractivity contribution in [1.29, 1.82) is 0 Å². The first-order valence-corrected chi connectivity index (χ1v) is 6.17. The van der Waals surface area contributed by atoms with Crippen LogP contribution in [0.5, 0.6) is 5.75 Å². The molecule has 0 aliphatic rings. The molecule has 1 atom stereocenters. The topological polar surface area (TPSA) is 67.2 Å². The van der Waals surface area contributed by atoms with Gasteiger partial charge in [-0.25, -0.2) is 0 Å². The Kier molecular flexibility index (Phi) is 7.17. The lowest BCUT2D eigenvalue weighted by atomic mass is 10.2. The van der Waals surface area contributed by atoms with Gasteiger partial charge in [-0.2, -0.15) is 0 Å². The maximum absolute atomic E-state index is 8.33. The van der Waals surface area contributed by atoms with Crippen molar-refractivity contribution < 1.29 is 9.47 Å². The lowest BCUT2D eigenvalue weighted by Gasteiger charge is -2.07. The van der Waals surface area contributed by atoms with Crippen LogP contribution in [0.4, 0.5) is 0 Å². The van der Waals surface area contributed by atoms with Crippen molar-refractivity contribution in [2.45, 2.75) is 25.5 Å². The van der Waals surface area contributed by atoms with Crippen LogP contribution in [0.3, 0.4) is 0 Å². The van der Waals surface area contributed by atoms with E-state index in [1.165, 1.54) is 0 Å². The third-order valence-electron chi connectivity index (χ3n) is 2.69. The monoisotopic (exact) mass is 261 g/mol. The minimum absolute atomic E-state index is 0.144. The zero-order valence-electron chi connectivity index (χ0n) is 11.2. The number of methoxy groups -OCH3 is 1. The molecule has 0 N–H and O–H groups in total. The molecule has 0 heterocycles. The highest BCUT2D eigenvalue weighted by Crippen LogP contribution is 2.12. The van der Waals surface area contributed by atoms with Gasteiger partial charge in [0.05, 0.1) is 19.8 Å². The van der Waals surface area contributed by atoms with E-state index in [0.29, 0.717) is 13.2 Å². The van der Waals surface area contributed by atoms with Gasteiger partial charge in [0, 0.05) is 11.5 Å². The van der Waals surface area contributed by atoms with Gasteiger partial charge in [0.1, 0.15) is 5.75 Å². The predicted molar refractivity (Wildman–Crippen MR) is 75.0 cm³/mol. The maximum atomic E-state index is 8.33. The fraction of sp³-hybridized carbons (Fsp3) is 0.429. The molecule has 5 heteroatoms. The highest BCUT2D eigenvalue weighted by Gasteiger charge is 2.00. The van der Waals surface area contributed by atoms with Crippen LogP contribution in [-0.2, 0) is 11.3 Å². The van der Waals surface area contributed by atoms with E-state index in [0.717, 1.165) is 24.2 Å². The molecule has 102 valence electrons. The Morgan fingerprint density at radius 3 is 2.74 bits per heavy atom. The average molecular weight is 261 g/mol. The van der Waals surface area contributed by atoms with E-state index in [-0.39, 0.29) is 6.04 Å². The first-order valence-electron chi connectivity index (χ1n) is 6.17. The van der Waals surface area contributed by atoms with Gasteiger partial charge in [-0.3, -0.25) is 0 Å². The molecule has 0 unspecified atom stereocenters. The second-order valence-electron chi connectivity index (χ2n) is 4.05. The first-order chi connectivity index (χ1) is 9.30. The summed E-state index contributed by atoms with van der Waals surface area (Å²) in [6.45, 7) is 4.83. The predicted octanol–water partition coefficient (Wildman–Crippen LogP) is 3.86. The van der Waals surface area contributed by atoms with Crippen molar-refractivity contribution in [3.05, 3.63) is 52.9 Å². The average Bonchev–Trinajstić information content (AvgIpc) is 2.46. The summed E-state index contributed by atoms with van der Waals surface area (Å²) >= 11 is 0. The lowest BCUT2D eigenvalue weighted by Crippen LogP contribution is -2.02. The summed E-state index contributed by atoms with van der Waals surface area (Å²) in [5, 5.41) is 3.61. The van der Waals surface area contributed by atoms with Crippen molar-refractivity contribution >= 4 is 0 Å². The molecule has 19 heavy (non-hydrogen) atoms. The van der Waals surface area contributed by atoms with Crippen molar-refractivity contribution in [3.63, 3.8) is 0 Å².